The SMILES string of the molecule is CC(C)COCCNc1ccc(N)c(OC(C)C)c1. The van der Waals surface area contributed by atoms with Crippen LogP contribution in [0.2, 0.25) is 0 Å². The van der Waals surface area contributed by atoms with Gasteiger partial charge < -0.3 is 20.5 Å². The molecule has 0 saturated carbocycles. The summed E-state index contributed by atoms with van der Waals surface area (Å²) in [6.45, 7) is 10.5. The van der Waals surface area contributed by atoms with E-state index in [4.69, 9.17) is 15.2 Å². The minimum Gasteiger partial charge on any atom is -0.489 e. The maximum Gasteiger partial charge on any atom is 0.144 e. The number of nitrogens with one attached hydrogen (secondary N) is 1. The average Bonchev–Trinajstić information content (AvgIpc) is 2.31. The van der Waals surface area contributed by atoms with Crippen molar-refractivity contribution in [3.63, 3.8) is 0 Å². The van der Waals surface area contributed by atoms with E-state index in [-0.39, 0.29) is 6.10 Å². The van der Waals surface area contributed by atoms with Crippen LogP contribution in [0.15, 0.2) is 18.2 Å². The molecule has 3 N–H and O–H groups in total. The number of rotatable bonds is 8. The number of ether oxygens (including phenoxy) is 2. The number of anilines is 2. The molecule has 0 fully saturated rings. The summed E-state index contributed by atoms with van der Waals surface area (Å²) in [6, 6.07) is 5.73. The Labute approximate surface area is 116 Å². The Hall–Kier alpha value is -1.42. The fourth-order valence-corrected chi connectivity index (χ4v) is 1.59. The molecule has 0 aliphatic carbocycles. The smallest absolute Gasteiger partial charge is 0.144 e. The zero-order valence-corrected chi connectivity index (χ0v) is 12.4. The van der Waals surface area contributed by atoms with Gasteiger partial charge in [0.05, 0.1) is 18.4 Å². The van der Waals surface area contributed by atoms with E-state index in [0.29, 0.717) is 18.2 Å². The van der Waals surface area contributed by atoms with Crippen LogP contribution >= 0.6 is 0 Å². The molecule has 0 unspecified atom stereocenters. The zero-order valence-electron chi connectivity index (χ0n) is 12.4. The molecule has 4 nitrogen and oxygen atoms in total. The fourth-order valence-electron chi connectivity index (χ4n) is 1.59. The Morgan fingerprint density at radius 3 is 2.58 bits per heavy atom. The molecule has 1 rings (SSSR count). The molecular weight excluding hydrogens is 240 g/mol. The van der Waals surface area contributed by atoms with Crippen molar-refractivity contribution in [1.82, 2.24) is 0 Å². The summed E-state index contributed by atoms with van der Waals surface area (Å²) in [5, 5.41) is 3.30. The van der Waals surface area contributed by atoms with Crippen molar-refractivity contribution in [1.29, 1.82) is 0 Å². The normalized spacial score (nSPS) is 11.1. The first-order chi connectivity index (χ1) is 8.99. The fraction of sp³-hybridized carbons (Fsp3) is 0.600. The third kappa shape index (κ3) is 6.34. The van der Waals surface area contributed by atoms with Crippen molar-refractivity contribution in [2.24, 2.45) is 5.92 Å². The molecule has 0 bridgehead atoms. The van der Waals surface area contributed by atoms with Crippen LogP contribution in [0.4, 0.5) is 11.4 Å². The summed E-state index contributed by atoms with van der Waals surface area (Å²) in [5.41, 5.74) is 7.53. The lowest BCUT2D eigenvalue weighted by Crippen LogP contribution is -2.12. The molecule has 0 aliphatic heterocycles. The van der Waals surface area contributed by atoms with Crippen molar-refractivity contribution in [2.45, 2.75) is 33.8 Å². The Morgan fingerprint density at radius 1 is 1.21 bits per heavy atom. The molecule has 0 amide bonds. The Morgan fingerprint density at radius 2 is 1.95 bits per heavy atom. The number of hydrogen-bond donors (Lipinski definition) is 2. The van der Waals surface area contributed by atoms with Gasteiger partial charge in [-0.05, 0) is 31.9 Å². The van der Waals surface area contributed by atoms with Crippen molar-refractivity contribution >= 4 is 11.4 Å². The van der Waals surface area contributed by atoms with Crippen LogP contribution in [0.25, 0.3) is 0 Å². The van der Waals surface area contributed by atoms with Gasteiger partial charge in [0.2, 0.25) is 0 Å². The van der Waals surface area contributed by atoms with Gasteiger partial charge in [0.15, 0.2) is 0 Å². The van der Waals surface area contributed by atoms with Crippen LogP contribution in [0.5, 0.6) is 5.75 Å². The predicted molar refractivity (Wildman–Crippen MR) is 80.8 cm³/mol. The third-order valence-corrected chi connectivity index (χ3v) is 2.40. The first kappa shape index (κ1) is 15.6. The molecule has 0 aromatic heterocycles. The van der Waals surface area contributed by atoms with Crippen molar-refractivity contribution < 1.29 is 9.47 Å². The quantitative estimate of drug-likeness (QED) is 0.560. The highest BCUT2D eigenvalue weighted by molar-refractivity contribution is 5.61. The highest BCUT2D eigenvalue weighted by Crippen LogP contribution is 2.26. The number of benzene rings is 1. The summed E-state index contributed by atoms with van der Waals surface area (Å²) >= 11 is 0. The van der Waals surface area contributed by atoms with E-state index in [9.17, 15) is 0 Å². The lowest BCUT2D eigenvalue weighted by molar-refractivity contribution is 0.118. The maximum absolute atomic E-state index is 5.87. The van der Waals surface area contributed by atoms with Crippen LogP contribution in [0.3, 0.4) is 0 Å². The first-order valence-electron chi connectivity index (χ1n) is 6.87. The van der Waals surface area contributed by atoms with E-state index in [1.807, 2.05) is 32.0 Å². The summed E-state index contributed by atoms with van der Waals surface area (Å²) in [7, 11) is 0. The molecule has 0 atom stereocenters. The maximum atomic E-state index is 5.87. The molecule has 4 heteroatoms. The molecule has 0 spiro atoms. The lowest BCUT2D eigenvalue weighted by atomic mass is 10.2. The monoisotopic (exact) mass is 266 g/mol. The van der Waals surface area contributed by atoms with Crippen LogP contribution in [0.1, 0.15) is 27.7 Å². The topological polar surface area (TPSA) is 56.5 Å². The zero-order chi connectivity index (χ0) is 14.3. The van der Waals surface area contributed by atoms with Gasteiger partial charge in [-0.2, -0.15) is 0 Å². The molecule has 1 aromatic rings. The summed E-state index contributed by atoms with van der Waals surface area (Å²) in [4.78, 5) is 0. The summed E-state index contributed by atoms with van der Waals surface area (Å²) in [5.74, 6) is 1.30. The Bertz CT molecular complexity index is 378. The predicted octanol–water partition coefficient (Wildman–Crippen LogP) is 3.14. The lowest BCUT2D eigenvalue weighted by Gasteiger charge is -2.14. The van der Waals surface area contributed by atoms with Crippen LogP contribution in [0, 0.1) is 5.92 Å². The minimum atomic E-state index is 0.118. The van der Waals surface area contributed by atoms with E-state index in [2.05, 4.69) is 19.2 Å². The number of nitrogens with two attached hydrogens (primary N) is 1. The van der Waals surface area contributed by atoms with Crippen molar-refractivity contribution in [3.8, 4) is 5.75 Å². The van der Waals surface area contributed by atoms with Crippen LogP contribution < -0.4 is 15.8 Å². The van der Waals surface area contributed by atoms with Crippen molar-refractivity contribution in [3.05, 3.63) is 18.2 Å². The molecule has 108 valence electrons. The van der Waals surface area contributed by atoms with Gasteiger partial charge in [-0.3, -0.25) is 0 Å². The van der Waals surface area contributed by atoms with Gasteiger partial charge in [0.1, 0.15) is 5.75 Å². The second-order valence-electron chi connectivity index (χ2n) is 5.31. The number of nitrogen functional groups attached to an aromatic ring is 1. The van der Waals surface area contributed by atoms with Gasteiger partial charge in [0.25, 0.3) is 0 Å². The standard InChI is InChI=1S/C15H26N2O2/c1-11(2)10-18-8-7-17-13-5-6-14(16)15(9-13)19-12(3)4/h5-6,9,11-12,17H,7-8,10,16H2,1-4H3. The second kappa shape index (κ2) is 7.89. The Balaban J connectivity index is 2.41. The van der Waals surface area contributed by atoms with E-state index in [0.717, 1.165) is 24.6 Å². The minimum absolute atomic E-state index is 0.118. The van der Waals surface area contributed by atoms with Crippen LogP contribution in [-0.2, 0) is 4.74 Å². The van der Waals surface area contributed by atoms with Crippen molar-refractivity contribution in [2.75, 3.05) is 30.8 Å². The van der Waals surface area contributed by atoms with Gasteiger partial charge in [-0.1, -0.05) is 13.8 Å². The van der Waals surface area contributed by atoms with E-state index in [1.54, 1.807) is 0 Å². The molecule has 19 heavy (non-hydrogen) atoms. The highest BCUT2D eigenvalue weighted by atomic mass is 16.5. The van der Waals surface area contributed by atoms with Gasteiger partial charge in [0, 0.05) is 24.9 Å². The summed E-state index contributed by atoms with van der Waals surface area (Å²) < 4.78 is 11.2. The van der Waals surface area contributed by atoms with E-state index >= 15 is 0 Å². The van der Waals surface area contributed by atoms with Gasteiger partial charge in [-0.25, -0.2) is 0 Å². The van der Waals surface area contributed by atoms with Gasteiger partial charge >= 0.3 is 0 Å². The number of hydrogen-bond acceptors (Lipinski definition) is 4. The molecule has 0 aliphatic rings. The highest BCUT2D eigenvalue weighted by Gasteiger charge is 2.04. The average molecular weight is 266 g/mol. The Kier molecular flexibility index (Phi) is 6.50. The molecule has 1 aromatic carbocycles. The molecule has 0 heterocycles. The first-order valence-corrected chi connectivity index (χ1v) is 6.87. The van der Waals surface area contributed by atoms with E-state index < -0.39 is 0 Å². The van der Waals surface area contributed by atoms with Crippen LogP contribution in [-0.4, -0.2) is 25.9 Å². The largest absolute Gasteiger partial charge is 0.489 e. The molecule has 0 saturated heterocycles. The molecule has 0 radical (unpaired) electrons. The summed E-state index contributed by atoms with van der Waals surface area (Å²) in [6.07, 6.45) is 0.118. The third-order valence-electron chi connectivity index (χ3n) is 2.40. The van der Waals surface area contributed by atoms with Gasteiger partial charge in [-0.15, -0.1) is 0 Å². The van der Waals surface area contributed by atoms with E-state index in [1.165, 1.54) is 0 Å². The molecular formula is C15H26N2O2. The second-order valence-corrected chi connectivity index (χ2v) is 5.31.